The molecule has 0 radical (unpaired) electrons. The number of halogens is 1. The van der Waals surface area contributed by atoms with E-state index in [1.165, 1.54) is 6.07 Å². The van der Waals surface area contributed by atoms with Crippen LogP contribution in [-0.2, 0) is 4.79 Å². The molecular formula is C21H20FN3O4. The van der Waals surface area contributed by atoms with E-state index < -0.39 is 5.82 Å². The second-order valence-electron chi connectivity index (χ2n) is 7.19. The summed E-state index contributed by atoms with van der Waals surface area (Å²) in [6.07, 6.45) is 0.579. The van der Waals surface area contributed by atoms with Crippen molar-refractivity contribution in [3.63, 3.8) is 0 Å². The van der Waals surface area contributed by atoms with Crippen molar-refractivity contribution in [3.05, 3.63) is 58.9 Å². The Balaban J connectivity index is 1.41. The van der Waals surface area contributed by atoms with Crippen molar-refractivity contribution in [3.8, 4) is 5.75 Å². The van der Waals surface area contributed by atoms with Crippen LogP contribution >= 0.6 is 0 Å². The Hall–Kier alpha value is -3.42. The highest BCUT2D eigenvalue weighted by molar-refractivity contribution is 6.00. The van der Waals surface area contributed by atoms with E-state index in [-0.39, 0.29) is 35.9 Å². The first-order valence-electron chi connectivity index (χ1n) is 9.34. The summed E-state index contributed by atoms with van der Waals surface area (Å²) in [5, 5.41) is 5.56. The average molecular weight is 397 g/mol. The predicted octanol–water partition coefficient (Wildman–Crippen LogP) is 2.11. The van der Waals surface area contributed by atoms with Crippen molar-refractivity contribution in [1.29, 1.82) is 0 Å². The maximum Gasteiger partial charge on any atom is 0.262 e. The van der Waals surface area contributed by atoms with Crippen LogP contribution in [0.15, 0.2) is 36.4 Å². The van der Waals surface area contributed by atoms with Crippen LogP contribution in [0.2, 0.25) is 0 Å². The molecule has 0 aromatic heterocycles. The van der Waals surface area contributed by atoms with Crippen LogP contribution in [0.4, 0.5) is 10.1 Å². The van der Waals surface area contributed by atoms with Crippen molar-refractivity contribution < 1.29 is 23.5 Å². The van der Waals surface area contributed by atoms with E-state index in [9.17, 15) is 18.8 Å². The van der Waals surface area contributed by atoms with E-state index in [1.807, 2.05) is 0 Å². The Kier molecular flexibility index (Phi) is 4.92. The smallest absolute Gasteiger partial charge is 0.262 e. The standard InChI is InChI=1S/C21H20FN3O4/c1-12-3-2-4-15(19(12)22)21(28)25-8-7-14(10-25)23-20(27)13-5-6-17-16(9-13)24-18(26)11-29-17/h2-6,9,14H,7-8,10-11H2,1H3,(H,23,27)(H,24,26). The molecule has 4 rings (SSSR count). The summed E-state index contributed by atoms with van der Waals surface area (Å²) in [7, 11) is 0. The summed E-state index contributed by atoms with van der Waals surface area (Å²) in [5.41, 5.74) is 1.29. The number of carbonyl (C=O) groups is 3. The Labute approximate surface area is 166 Å². The number of benzene rings is 2. The fourth-order valence-corrected chi connectivity index (χ4v) is 3.54. The largest absolute Gasteiger partial charge is 0.482 e. The molecule has 2 aliphatic heterocycles. The first kappa shape index (κ1) is 18.9. The summed E-state index contributed by atoms with van der Waals surface area (Å²) in [5.74, 6) is -0.962. The number of hydrogen-bond acceptors (Lipinski definition) is 4. The lowest BCUT2D eigenvalue weighted by Gasteiger charge is -2.19. The van der Waals surface area contributed by atoms with Crippen LogP contribution in [0.25, 0.3) is 0 Å². The monoisotopic (exact) mass is 397 g/mol. The van der Waals surface area contributed by atoms with Crippen LogP contribution in [0.1, 0.15) is 32.7 Å². The van der Waals surface area contributed by atoms with Crippen molar-refractivity contribution in [2.24, 2.45) is 0 Å². The average Bonchev–Trinajstić information content (AvgIpc) is 3.17. The number of fused-ring (bicyclic) bond motifs is 1. The summed E-state index contributed by atoms with van der Waals surface area (Å²) in [6, 6.07) is 9.31. The highest BCUT2D eigenvalue weighted by Crippen LogP contribution is 2.28. The number of amides is 3. The van der Waals surface area contributed by atoms with Gasteiger partial charge in [0.2, 0.25) is 0 Å². The van der Waals surface area contributed by atoms with E-state index in [2.05, 4.69) is 10.6 Å². The van der Waals surface area contributed by atoms with Crippen molar-refractivity contribution >= 4 is 23.4 Å². The third-order valence-electron chi connectivity index (χ3n) is 5.11. The van der Waals surface area contributed by atoms with Gasteiger partial charge in [-0.15, -0.1) is 0 Å². The minimum atomic E-state index is -0.511. The molecule has 2 aliphatic rings. The molecule has 1 unspecified atom stereocenters. The van der Waals surface area contributed by atoms with Gasteiger partial charge in [-0.3, -0.25) is 14.4 Å². The molecule has 7 nitrogen and oxygen atoms in total. The van der Waals surface area contributed by atoms with Crippen LogP contribution < -0.4 is 15.4 Å². The van der Waals surface area contributed by atoms with Crippen molar-refractivity contribution in [1.82, 2.24) is 10.2 Å². The zero-order valence-corrected chi connectivity index (χ0v) is 15.8. The van der Waals surface area contributed by atoms with Gasteiger partial charge in [-0.2, -0.15) is 0 Å². The third-order valence-corrected chi connectivity index (χ3v) is 5.11. The van der Waals surface area contributed by atoms with Crippen LogP contribution in [0.3, 0.4) is 0 Å². The number of anilines is 1. The Morgan fingerprint density at radius 3 is 2.93 bits per heavy atom. The van der Waals surface area contributed by atoms with Gasteiger partial charge in [-0.05, 0) is 43.2 Å². The molecule has 1 saturated heterocycles. The van der Waals surface area contributed by atoms with E-state index >= 15 is 0 Å². The molecule has 8 heteroatoms. The van der Waals surface area contributed by atoms with Gasteiger partial charge < -0.3 is 20.3 Å². The van der Waals surface area contributed by atoms with E-state index in [0.29, 0.717) is 42.1 Å². The zero-order chi connectivity index (χ0) is 20.5. The number of carbonyl (C=O) groups excluding carboxylic acids is 3. The SMILES string of the molecule is Cc1cccc(C(=O)N2CCC(NC(=O)c3ccc4c(c3)NC(=O)CO4)C2)c1F. The maximum absolute atomic E-state index is 14.2. The van der Waals surface area contributed by atoms with Gasteiger partial charge in [-0.1, -0.05) is 12.1 Å². The molecule has 150 valence electrons. The fourth-order valence-electron chi connectivity index (χ4n) is 3.54. The molecule has 1 fully saturated rings. The minimum absolute atomic E-state index is 0.0439. The molecule has 0 bridgehead atoms. The number of likely N-dealkylation sites (tertiary alicyclic amines) is 1. The molecule has 2 aromatic carbocycles. The van der Waals surface area contributed by atoms with E-state index in [1.54, 1.807) is 42.2 Å². The quantitative estimate of drug-likeness (QED) is 0.831. The van der Waals surface area contributed by atoms with Gasteiger partial charge in [0, 0.05) is 24.7 Å². The Morgan fingerprint density at radius 1 is 1.28 bits per heavy atom. The molecule has 3 amide bonds. The summed E-state index contributed by atoms with van der Waals surface area (Å²) in [4.78, 5) is 38.2. The fraction of sp³-hybridized carbons (Fsp3) is 0.286. The molecule has 2 N–H and O–H groups in total. The molecule has 2 heterocycles. The molecule has 0 aliphatic carbocycles. The van der Waals surface area contributed by atoms with Gasteiger partial charge in [0.05, 0.1) is 11.3 Å². The van der Waals surface area contributed by atoms with Gasteiger partial charge in [0.1, 0.15) is 11.6 Å². The van der Waals surface area contributed by atoms with Crippen LogP contribution in [0, 0.1) is 12.7 Å². The maximum atomic E-state index is 14.2. The summed E-state index contributed by atoms with van der Waals surface area (Å²) in [6.45, 7) is 2.31. The Bertz CT molecular complexity index is 1010. The first-order chi connectivity index (χ1) is 13.9. The highest BCUT2D eigenvalue weighted by atomic mass is 19.1. The molecule has 2 aromatic rings. The van der Waals surface area contributed by atoms with Crippen LogP contribution in [0.5, 0.6) is 5.75 Å². The number of ether oxygens (including phenoxy) is 1. The third kappa shape index (κ3) is 3.78. The molecule has 1 atom stereocenters. The van der Waals surface area contributed by atoms with Gasteiger partial charge in [0.15, 0.2) is 6.61 Å². The van der Waals surface area contributed by atoms with E-state index in [0.717, 1.165) is 0 Å². The number of hydrogen-bond donors (Lipinski definition) is 2. The van der Waals surface area contributed by atoms with Crippen molar-refractivity contribution in [2.45, 2.75) is 19.4 Å². The lowest BCUT2D eigenvalue weighted by Crippen LogP contribution is -2.38. The van der Waals surface area contributed by atoms with Gasteiger partial charge in [-0.25, -0.2) is 4.39 Å². The number of nitrogens with zero attached hydrogens (tertiary/aromatic N) is 1. The Morgan fingerprint density at radius 2 is 2.10 bits per heavy atom. The van der Waals surface area contributed by atoms with Gasteiger partial charge >= 0.3 is 0 Å². The number of nitrogens with one attached hydrogen (secondary N) is 2. The second kappa shape index (κ2) is 7.54. The molecule has 29 heavy (non-hydrogen) atoms. The second-order valence-corrected chi connectivity index (χ2v) is 7.19. The predicted molar refractivity (Wildman–Crippen MR) is 103 cm³/mol. The lowest BCUT2D eigenvalue weighted by molar-refractivity contribution is -0.118. The summed E-state index contributed by atoms with van der Waals surface area (Å²) >= 11 is 0. The lowest BCUT2D eigenvalue weighted by atomic mass is 10.1. The van der Waals surface area contributed by atoms with E-state index in [4.69, 9.17) is 4.74 Å². The topological polar surface area (TPSA) is 87.7 Å². The first-order valence-corrected chi connectivity index (χ1v) is 9.34. The molecule has 0 spiro atoms. The highest BCUT2D eigenvalue weighted by Gasteiger charge is 2.30. The molecular weight excluding hydrogens is 377 g/mol. The summed E-state index contributed by atoms with van der Waals surface area (Å²) < 4.78 is 19.5. The zero-order valence-electron chi connectivity index (χ0n) is 15.8. The normalized spacial score (nSPS) is 17.9. The molecule has 0 saturated carbocycles. The number of rotatable bonds is 3. The van der Waals surface area contributed by atoms with Gasteiger partial charge in [0.25, 0.3) is 17.7 Å². The van der Waals surface area contributed by atoms with Crippen LogP contribution in [-0.4, -0.2) is 48.4 Å². The van der Waals surface area contributed by atoms with Crippen molar-refractivity contribution in [2.75, 3.05) is 25.0 Å². The number of aryl methyl sites for hydroxylation is 1. The minimum Gasteiger partial charge on any atom is -0.482 e.